The SMILES string of the molecule is O=C(c1ccc(CN(Cc2ccccc2)C2CCCCC2)o1)N1CCCCC1. The van der Waals surface area contributed by atoms with Crippen LogP contribution in [0, 0.1) is 0 Å². The molecule has 28 heavy (non-hydrogen) atoms. The van der Waals surface area contributed by atoms with E-state index in [0.29, 0.717) is 11.8 Å². The topological polar surface area (TPSA) is 36.7 Å². The number of carbonyl (C=O) groups excluding carboxylic acids is 1. The van der Waals surface area contributed by atoms with Crippen molar-refractivity contribution in [2.24, 2.45) is 0 Å². The Hall–Kier alpha value is -2.07. The highest BCUT2D eigenvalue weighted by atomic mass is 16.4. The zero-order chi connectivity index (χ0) is 19.2. The van der Waals surface area contributed by atoms with Gasteiger partial charge < -0.3 is 9.32 Å². The van der Waals surface area contributed by atoms with Crippen LogP contribution in [-0.2, 0) is 13.1 Å². The van der Waals surface area contributed by atoms with Gasteiger partial charge in [0.1, 0.15) is 5.76 Å². The van der Waals surface area contributed by atoms with E-state index < -0.39 is 0 Å². The van der Waals surface area contributed by atoms with Gasteiger partial charge in [0.25, 0.3) is 5.91 Å². The molecule has 4 nitrogen and oxygen atoms in total. The molecule has 1 aromatic heterocycles. The minimum absolute atomic E-state index is 0.0539. The van der Waals surface area contributed by atoms with E-state index in [-0.39, 0.29) is 5.91 Å². The number of likely N-dealkylation sites (tertiary alicyclic amines) is 1. The lowest BCUT2D eigenvalue weighted by Crippen LogP contribution is -2.36. The summed E-state index contributed by atoms with van der Waals surface area (Å²) < 4.78 is 6.02. The van der Waals surface area contributed by atoms with Crippen LogP contribution >= 0.6 is 0 Å². The molecule has 0 bridgehead atoms. The number of amides is 1. The first kappa shape index (κ1) is 19.3. The van der Waals surface area contributed by atoms with E-state index in [4.69, 9.17) is 4.42 Å². The van der Waals surface area contributed by atoms with Gasteiger partial charge in [-0.1, -0.05) is 49.6 Å². The molecular formula is C24H32N2O2. The summed E-state index contributed by atoms with van der Waals surface area (Å²) in [6, 6.07) is 15.1. The van der Waals surface area contributed by atoms with Crippen molar-refractivity contribution in [3.05, 3.63) is 59.5 Å². The lowest BCUT2D eigenvalue weighted by Gasteiger charge is -2.34. The molecular weight excluding hydrogens is 348 g/mol. The molecule has 4 rings (SSSR count). The van der Waals surface area contributed by atoms with E-state index in [1.165, 1.54) is 44.1 Å². The predicted octanol–water partition coefficient (Wildman–Crippen LogP) is 5.24. The fourth-order valence-electron chi connectivity index (χ4n) is 4.61. The number of carbonyl (C=O) groups is 1. The summed E-state index contributed by atoms with van der Waals surface area (Å²) >= 11 is 0. The normalized spacial score (nSPS) is 18.5. The van der Waals surface area contributed by atoms with E-state index in [1.807, 2.05) is 17.0 Å². The minimum Gasteiger partial charge on any atom is -0.455 e. The maximum Gasteiger partial charge on any atom is 0.289 e. The Kier molecular flexibility index (Phi) is 6.48. The first-order chi connectivity index (χ1) is 13.8. The van der Waals surface area contributed by atoms with Gasteiger partial charge in [0.15, 0.2) is 5.76 Å². The second-order valence-electron chi connectivity index (χ2n) is 8.30. The number of piperidine rings is 1. The van der Waals surface area contributed by atoms with Crippen LogP contribution in [0.3, 0.4) is 0 Å². The van der Waals surface area contributed by atoms with Gasteiger partial charge in [-0.15, -0.1) is 0 Å². The summed E-state index contributed by atoms with van der Waals surface area (Å²) in [5, 5.41) is 0. The van der Waals surface area contributed by atoms with E-state index in [1.54, 1.807) is 0 Å². The van der Waals surface area contributed by atoms with Crippen molar-refractivity contribution in [1.29, 1.82) is 0 Å². The molecule has 2 heterocycles. The molecule has 0 unspecified atom stereocenters. The van der Waals surface area contributed by atoms with E-state index >= 15 is 0 Å². The molecule has 1 amide bonds. The Morgan fingerprint density at radius 2 is 1.61 bits per heavy atom. The largest absolute Gasteiger partial charge is 0.455 e. The molecule has 1 saturated carbocycles. The van der Waals surface area contributed by atoms with Crippen LogP contribution in [0.4, 0.5) is 0 Å². The molecule has 1 aromatic carbocycles. The average molecular weight is 381 g/mol. The Labute approximate surface area is 168 Å². The summed E-state index contributed by atoms with van der Waals surface area (Å²) in [4.78, 5) is 17.2. The molecule has 0 N–H and O–H groups in total. The lowest BCUT2D eigenvalue weighted by atomic mass is 9.93. The molecule has 2 fully saturated rings. The zero-order valence-electron chi connectivity index (χ0n) is 16.8. The molecule has 4 heteroatoms. The summed E-state index contributed by atoms with van der Waals surface area (Å²) in [5.41, 5.74) is 1.34. The molecule has 2 aromatic rings. The van der Waals surface area contributed by atoms with Crippen molar-refractivity contribution in [3.8, 4) is 0 Å². The van der Waals surface area contributed by atoms with Crippen LogP contribution in [0.5, 0.6) is 0 Å². The van der Waals surface area contributed by atoms with Crippen molar-refractivity contribution in [3.63, 3.8) is 0 Å². The van der Waals surface area contributed by atoms with Crippen molar-refractivity contribution in [1.82, 2.24) is 9.80 Å². The third-order valence-electron chi connectivity index (χ3n) is 6.19. The Morgan fingerprint density at radius 3 is 2.36 bits per heavy atom. The van der Waals surface area contributed by atoms with Gasteiger partial charge in [-0.25, -0.2) is 0 Å². The third-order valence-corrected chi connectivity index (χ3v) is 6.19. The first-order valence-corrected chi connectivity index (χ1v) is 11.0. The molecule has 1 saturated heterocycles. The standard InChI is InChI=1S/C24H32N2O2/c27-24(25-16-8-3-9-17-25)23-15-14-22(28-23)19-26(21-12-6-2-7-13-21)18-20-10-4-1-5-11-20/h1,4-5,10-11,14-15,21H,2-3,6-9,12-13,16-19H2. The van der Waals surface area contributed by atoms with Crippen LogP contribution in [-0.4, -0.2) is 34.8 Å². The van der Waals surface area contributed by atoms with Crippen molar-refractivity contribution < 1.29 is 9.21 Å². The van der Waals surface area contributed by atoms with Gasteiger partial charge in [-0.3, -0.25) is 9.69 Å². The molecule has 0 radical (unpaired) electrons. The predicted molar refractivity (Wildman–Crippen MR) is 111 cm³/mol. The van der Waals surface area contributed by atoms with E-state index in [9.17, 15) is 4.79 Å². The Morgan fingerprint density at radius 1 is 0.893 bits per heavy atom. The number of hydrogen-bond acceptors (Lipinski definition) is 3. The number of rotatable bonds is 6. The first-order valence-electron chi connectivity index (χ1n) is 11.0. The van der Waals surface area contributed by atoms with Gasteiger partial charge in [0.05, 0.1) is 6.54 Å². The van der Waals surface area contributed by atoms with E-state index in [0.717, 1.165) is 44.8 Å². The van der Waals surface area contributed by atoms with Crippen LogP contribution in [0.25, 0.3) is 0 Å². The summed E-state index contributed by atoms with van der Waals surface area (Å²) in [7, 11) is 0. The van der Waals surface area contributed by atoms with E-state index in [2.05, 4.69) is 35.2 Å². The van der Waals surface area contributed by atoms with Crippen LogP contribution < -0.4 is 0 Å². The molecule has 0 spiro atoms. The lowest BCUT2D eigenvalue weighted by molar-refractivity contribution is 0.0685. The molecule has 0 atom stereocenters. The van der Waals surface area contributed by atoms with Gasteiger partial charge in [0, 0.05) is 25.7 Å². The second-order valence-corrected chi connectivity index (χ2v) is 8.30. The number of benzene rings is 1. The monoisotopic (exact) mass is 380 g/mol. The summed E-state index contributed by atoms with van der Waals surface area (Å²) in [6.45, 7) is 3.42. The zero-order valence-corrected chi connectivity index (χ0v) is 16.8. The molecule has 150 valence electrons. The van der Waals surface area contributed by atoms with Crippen LogP contribution in [0.15, 0.2) is 46.9 Å². The highest BCUT2D eigenvalue weighted by Gasteiger charge is 2.24. The molecule has 1 aliphatic carbocycles. The van der Waals surface area contributed by atoms with Gasteiger partial charge >= 0.3 is 0 Å². The highest BCUT2D eigenvalue weighted by molar-refractivity contribution is 5.91. The molecule has 1 aliphatic heterocycles. The third kappa shape index (κ3) is 4.85. The maximum atomic E-state index is 12.7. The van der Waals surface area contributed by atoms with Crippen LogP contribution in [0.1, 0.15) is 73.2 Å². The maximum absolute atomic E-state index is 12.7. The Balaban J connectivity index is 1.45. The fraction of sp³-hybridized carbons (Fsp3) is 0.542. The van der Waals surface area contributed by atoms with Gasteiger partial charge in [-0.05, 0) is 49.8 Å². The number of furan rings is 1. The van der Waals surface area contributed by atoms with Gasteiger partial charge in [0.2, 0.25) is 0 Å². The second kappa shape index (κ2) is 9.42. The van der Waals surface area contributed by atoms with Gasteiger partial charge in [-0.2, -0.15) is 0 Å². The van der Waals surface area contributed by atoms with Crippen molar-refractivity contribution in [2.75, 3.05) is 13.1 Å². The molecule has 2 aliphatic rings. The quantitative estimate of drug-likeness (QED) is 0.687. The smallest absolute Gasteiger partial charge is 0.289 e. The fourth-order valence-corrected chi connectivity index (χ4v) is 4.61. The van der Waals surface area contributed by atoms with Crippen molar-refractivity contribution in [2.45, 2.75) is 70.5 Å². The summed E-state index contributed by atoms with van der Waals surface area (Å²) in [5.74, 6) is 1.46. The highest BCUT2D eigenvalue weighted by Crippen LogP contribution is 2.26. The minimum atomic E-state index is 0.0539. The number of nitrogens with zero attached hydrogens (tertiary/aromatic N) is 2. The van der Waals surface area contributed by atoms with Crippen molar-refractivity contribution >= 4 is 5.91 Å². The Bertz CT molecular complexity index is 743. The average Bonchev–Trinajstić information content (AvgIpc) is 3.23. The summed E-state index contributed by atoms with van der Waals surface area (Å²) in [6.07, 6.45) is 9.92. The van der Waals surface area contributed by atoms with Crippen LogP contribution in [0.2, 0.25) is 0 Å². The number of hydrogen-bond donors (Lipinski definition) is 0.